The maximum Gasteiger partial charge on any atom is 0.345 e. The van der Waals surface area contributed by atoms with E-state index < -0.39 is 46.2 Å². The van der Waals surface area contributed by atoms with Gasteiger partial charge < -0.3 is 23.7 Å². The van der Waals surface area contributed by atoms with Gasteiger partial charge in [0.25, 0.3) is 0 Å². The van der Waals surface area contributed by atoms with E-state index in [0.29, 0.717) is 24.0 Å². The van der Waals surface area contributed by atoms with Gasteiger partial charge in [-0.15, -0.1) is 0 Å². The summed E-state index contributed by atoms with van der Waals surface area (Å²) >= 11 is 0. The molecule has 10 nitrogen and oxygen atoms in total. The zero-order chi connectivity index (χ0) is 33.0. The van der Waals surface area contributed by atoms with Crippen LogP contribution in [0.1, 0.15) is 81.5 Å². The van der Waals surface area contributed by atoms with Crippen molar-refractivity contribution in [1.82, 2.24) is 4.98 Å². The Morgan fingerprint density at radius 3 is 2.57 bits per heavy atom. The van der Waals surface area contributed by atoms with Crippen LogP contribution in [-0.2, 0) is 14.3 Å². The minimum absolute atomic E-state index is 0.0227. The van der Waals surface area contributed by atoms with Crippen LogP contribution in [0.15, 0.2) is 64.1 Å². The molecule has 3 heterocycles. The predicted octanol–water partition coefficient (Wildman–Crippen LogP) is 5.63. The second kappa shape index (κ2) is 11.4. The van der Waals surface area contributed by atoms with Gasteiger partial charge in [0.15, 0.2) is 0 Å². The van der Waals surface area contributed by atoms with Gasteiger partial charge in [0.2, 0.25) is 0 Å². The van der Waals surface area contributed by atoms with Crippen LogP contribution in [0, 0.1) is 39.9 Å². The normalized spacial score (nSPS) is 32.8. The molecule has 0 saturated heterocycles. The Morgan fingerprint density at radius 2 is 1.91 bits per heavy atom. The van der Waals surface area contributed by atoms with Crippen LogP contribution >= 0.6 is 0 Å². The fraction of sp³-hybridized carbons (Fsp3) is 0.472. The minimum atomic E-state index is -1.30. The molecule has 6 rings (SSSR count). The summed E-state index contributed by atoms with van der Waals surface area (Å²) < 4.78 is 24.4. The zero-order valence-electron chi connectivity index (χ0n) is 26.6. The molecule has 0 radical (unpaired) electrons. The zero-order valence-corrected chi connectivity index (χ0v) is 26.6. The van der Waals surface area contributed by atoms with E-state index in [9.17, 15) is 24.8 Å². The van der Waals surface area contributed by atoms with Gasteiger partial charge in [0.05, 0.1) is 29.9 Å². The number of nitriles is 1. The Kier molecular flexibility index (Phi) is 7.80. The number of ether oxygens (including phenoxy) is 3. The fourth-order valence-corrected chi connectivity index (χ4v) is 8.58. The van der Waals surface area contributed by atoms with Gasteiger partial charge in [-0.3, -0.25) is 9.78 Å². The van der Waals surface area contributed by atoms with Crippen molar-refractivity contribution in [3.05, 3.63) is 82.0 Å². The fourth-order valence-electron chi connectivity index (χ4n) is 8.58. The van der Waals surface area contributed by atoms with E-state index in [1.54, 1.807) is 54.9 Å². The number of carbonyl (C=O) groups excluding carboxylic acids is 2. The maximum atomic E-state index is 13.7. The van der Waals surface area contributed by atoms with Gasteiger partial charge in [-0.2, -0.15) is 5.26 Å². The van der Waals surface area contributed by atoms with Gasteiger partial charge >= 0.3 is 17.6 Å². The lowest BCUT2D eigenvalue weighted by atomic mass is 9.41. The summed E-state index contributed by atoms with van der Waals surface area (Å²) in [5.41, 5.74) is -1.86. The Hall–Kier alpha value is -4.49. The molecular formula is C36H38N2O8. The van der Waals surface area contributed by atoms with Crippen LogP contribution in [0.3, 0.4) is 0 Å². The summed E-state index contributed by atoms with van der Waals surface area (Å²) in [5, 5.41) is 21.5. The van der Waals surface area contributed by atoms with Crippen molar-refractivity contribution in [2.75, 3.05) is 6.61 Å². The molecule has 3 unspecified atom stereocenters. The van der Waals surface area contributed by atoms with Crippen molar-refractivity contribution >= 4 is 11.9 Å². The molecule has 2 aromatic heterocycles. The first kappa shape index (κ1) is 31.5. The molecule has 0 amide bonds. The summed E-state index contributed by atoms with van der Waals surface area (Å²) in [6.07, 6.45) is 2.88. The molecule has 46 heavy (non-hydrogen) atoms. The van der Waals surface area contributed by atoms with Crippen LogP contribution in [0.2, 0.25) is 0 Å². The number of carbonyl (C=O) groups is 2. The van der Waals surface area contributed by atoms with E-state index in [2.05, 4.69) is 25.8 Å². The highest BCUT2D eigenvalue weighted by molar-refractivity contribution is 5.89. The summed E-state index contributed by atoms with van der Waals surface area (Å²) in [7, 11) is 0. The Labute approximate surface area is 267 Å². The number of rotatable bonds is 5. The van der Waals surface area contributed by atoms with Crippen molar-refractivity contribution in [2.24, 2.45) is 28.6 Å². The van der Waals surface area contributed by atoms with Crippen LogP contribution in [0.5, 0.6) is 5.75 Å². The molecule has 2 saturated carbocycles. The number of nitrogens with zero attached hydrogens (tertiary/aromatic N) is 2. The molecule has 8 atom stereocenters. The number of benzene rings is 1. The lowest BCUT2D eigenvalue weighted by Gasteiger charge is -2.66. The quantitative estimate of drug-likeness (QED) is 0.353. The molecule has 1 N–H and O–H groups in total. The van der Waals surface area contributed by atoms with Crippen molar-refractivity contribution in [3.8, 4) is 23.1 Å². The van der Waals surface area contributed by atoms with Crippen molar-refractivity contribution < 1.29 is 33.3 Å². The average molecular weight is 627 g/mol. The number of fused-ring (bicyclic) bond motifs is 4. The molecule has 1 aliphatic heterocycles. The highest BCUT2D eigenvalue weighted by atomic mass is 16.6. The molecule has 1 aromatic carbocycles. The Bertz CT molecular complexity index is 1770. The SMILES string of the molecule is CC(=O)OCC1(C)C2C[C@H](OC(=O)c3ccc(C#N)cc3)[C@@]3(C)Oc4cc(-c5cccnc5)oc(=O)c4[C@H](O)C3[C@@]2(C)CC[C@@H]1C. The van der Waals surface area contributed by atoms with Crippen LogP contribution in [0.25, 0.3) is 11.3 Å². The van der Waals surface area contributed by atoms with Crippen LogP contribution in [-0.4, -0.2) is 40.3 Å². The van der Waals surface area contributed by atoms with E-state index in [4.69, 9.17) is 18.6 Å². The van der Waals surface area contributed by atoms with E-state index in [1.165, 1.54) is 6.92 Å². The molecule has 0 spiro atoms. The topological polar surface area (TPSA) is 149 Å². The highest BCUT2D eigenvalue weighted by Crippen LogP contribution is 2.68. The smallest absolute Gasteiger partial charge is 0.345 e. The summed E-state index contributed by atoms with van der Waals surface area (Å²) in [4.78, 5) is 43.4. The van der Waals surface area contributed by atoms with Crippen molar-refractivity contribution in [3.63, 3.8) is 0 Å². The van der Waals surface area contributed by atoms with Crippen LogP contribution in [0.4, 0.5) is 0 Å². The van der Waals surface area contributed by atoms with E-state index in [0.717, 1.165) is 6.42 Å². The number of aromatic nitrogens is 1. The van der Waals surface area contributed by atoms with Crippen LogP contribution < -0.4 is 10.4 Å². The molecule has 3 aromatic rings. The summed E-state index contributed by atoms with van der Waals surface area (Å²) in [6, 6.07) is 13.3. The number of aliphatic hydroxyl groups is 1. The summed E-state index contributed by atoms with van der Waals surface area (Å²) in [5.74, 6) is -1.33. The third kappa shape index (κ3) is 4.98. The standard InChI is InChI=1S/C36H38N2O8/c1-20-12-13-34(3)27(35(20,4)19-43-21(2)39)16-28(45-32(41)23-10-8-22(17-37)9-11-23)36(5)31(34)30(40)29-26(46-36)15-25(44-33(29)42)24-7-6-14-38-18-24/h6-11,14-15,18,20,27-28,30-31,40H,12-13,16,19H2,1-5H3/t20-,27?,28-,30-,31?,34-,35?,36+/m0/s1. The van der Waals surface area contributed by atoms with E-state index in [-0.39, 0.29) is 47.0 Å². The largest absolute Gasteiger partial charge is 0.482 e. The van der Waals surface area contributed by atoms with Gasteiger partial charge in [0.1, 0.15) is 28.8 Å². The molecule has 2 fully saturated rings. The molecule has 240 valence electrons. The second-order valence-electron chi connectivity index (χ2n) is 13.7. The van der Waals surface area contributed by atoms with Gasteiger partial charge in [0, 0.05) is 42.3 Å². The molecule has 3 aliphatic rings. The van der Waals surface area contributed by atoms with E-state index in [1.807, 2.05) is 13.0 Å². The molecule has 0 bridgehead atoms. The molecule has 2 aliphatic carbocycles. The number of pyridine rings is 1. The number of aliphatic hydroxyl groups excluding tert-OH is 1. The molecule has 10 heteroatoms. The average Bonchev–Trinajstić information content (AvgIpc) is 3.03. The first-order valence-corrected chi connectivity index (χ1v) is 15.6. The number of esters is 2. The first-order chi connectivity index (χ1) is 21.8. The van der Waals surface area contributed by atoms with Crippen molar-refractivity contribution in [2.45, 2.75) is 71.7 Å². The first-order valence-electron chi connectivity index (χ1n) is 15.6. The van der Waals surface area contributed by atoms with Crippen molar-refractivity contribution in [1.29, 1.82) is 5.26 Å². The van der Waals surface area contributed by atoms with Gasteiger partial charge in [-0.1, -0.05) is 20.8 Å². The number of hydrogen-bond donors (Lipinski definition) is 1. The minimum Gasteiger partial charge on any atom is -0.482 e. The lowest BCUT2D eigenvalue weighted by Crippen LogP contribution is -2.70. The third-order valence-electron chi connectivity index (χ3n) is 11.2. The third-order valence-corrected chi connectivity index (χ3v) is 11.2. The second-order valence-corrected chi connectivity index (χ2v) is 13.7. The Balaban J connectivity index is 1.48. The van der Waals surface area contributed by atoms with Gasteiger partial charge in [-0.25, -0.2) is 9.59 Å². The summed E-state index contributed by atoms with van der Waals surface area (Å²) in [6.45, 7) is 9.69. The maximum absolute atomic E-state index is 13.7. The predicted molar refractivity (Wildman–Crippen MR) is 165 cm³/mol. The lowest BCUT2D eigenvalue weighted by molar-refractivity contribution is -0.257. The Morgan fingerprint density at radius 1 is 1.17 bits per heavy atom. The van der Waals surface area contributed by atoms with E-state index >= 15 is 0 Å². The number of hydrogen-bond acceptors (Lipinski definition) is 10. The van der Waals surface area contributed by atoms with Gasteiger partial charge in [-0.05, 0) is 79.8 Å². The highest BCUT2D eigenvalue weighted by Gasteiger charge is 2.70. The molecular weight excluding hydrogens is 588 g/mol. The monoisotopic (exact) mass is 626 g/mol.